The number of nitrogens with one attached hydrogen (secondary N) is 1. The molecule has 0 saturated heterocycles. The average molecular weight is 313 g/mol. The molecule has 0 amide bonds. The largest absolute Gasteiger partial charge is 0.481 e. The van der Waals surface area contributed by atoms with E-state index in [1.807, 2.05) is 17.8 Å². The SMILES string of the molecule is COc1ccnc(NC(c2ccc(F)cc2)c2nccn2C)n1. The lowest BCUT2D eigenvalue weighted by Gasteiger charge is -2.19. The predicted octanol–water partition coefficient (Wildman–Crippen LogP) is 2.56. The number of aryl methyl sites for hydroxylation is 1. The molecule has 0 fully saturated rings. The third-order valence-corrected chi connectivity index (χ3v) is 3.43. The van der Waals surface area contributed by atoms with E-state index in [0.717, 1.165) is 11.4 Å². The van der Waals surface area contributed by atoms with Crippen molar-refractivity contribution in [1.82, 2.24) is 19.5 Å². The molecule has 3 rings (SSSR count). The maximum Gasteiger partial charge on any atom is 0.226 e. The Morgan fingerprint density at radius 1 is 1.13 bits per heavy atom. The van der Waals surface area contributed by atoms with Gasteiger partial charge in [0.25, 0.3) is 0 Å². The third-order valence-electron chi connectivity index (χ3n) is 3.43. The zero-order valence-corrected chi connectivity index (χ0v) is 12.8. The molecule has 23 heavy (non-hydrogen) atoms. The highest BCUT2D eigenvalue weighted by Crippen LogP contribution is 2.24. The van der Waals surface area contributed by atoms with E-state index in [4.69, 9.17) is 4.74 Å². The van der Waals surface area contributed by atoms with Crippen LogP contribution in [0.3, 0.4) is 0 Å². The number of methoxy groups -OCH3 is 1. The van der Waals surface area contributed by atoms with Gasteiger partial charge in [-0.2, -0.15) is 4.98 Å². The number of hydrogen-bond acceptors (Lipinski definition) is 5. The van der Waals surface area contributed by atoms with Crippen LogP contribution in [0.1, 0.15) is 17.4 Å². The highest BCUT2D eigenvalue weighted by molar-refractivity contribution is 5.38. The van der Waals surface area contributed by atoms with Crippen molar-refractivity contribution in [3.8, 4) is 5.88 Å². The van der Waals surface area contributed by atoms with E-state index in [1.54, 1.807) is 37.7 Å². The lowest BCUT2D eigenvalue weighted by atomic mass is 10.1. The first-order valence-electron chi connectivity index (χ1n) is 7.03. The highest BCUT2D eigenvalue weighted by Gasteiger charge is 2.19. The van der Waals surface area contributed by atoms with Gasteiger partial charge in [0.2, 0.25) is 11.8 Å². The lowest BCUT2D eigenvalue weighted by molar-refractivity contribution is 0.397. The number of ether oxygens (including phenoxy) is 1. The van der Waals surface area contributed by atoms with Crippen molar-refractivity contribution in [1.29, 1.82) is 0 Å². The van der Waals surface area contributed by atoms with Crippen LogP contribution in [-0.4, -0.2) is 26.6 Å². The number of rotatable bonds is 5. The van der Waals surface area contributed by atoms with Gasteiger partial charge in [-0.3, -0.25) is 0 Å². The molecular formula is C16H16FN5O. The Bertz CT molecular complexity index is 787. The van der Waals surface area contributed by atoms with E-state index in [-0.39, 0.29) is 11.9 Å². The minimum Gasteiger partial charge on any atom is -0.481 e. The smallest absolute Gasteiger partial charge is 0.226 e. The van der Waals surface area contributed by atoms with Crippen molar-refractivity contribution in [3.05, 3.63) is 66.1 Å². The van der Waals surface area contributed by atoms with Crippen LogP contribution in [0.5, 0.6) is 5.88 Å². The van der Waals surface area contributed by atoms with Crippen molar-refractivity contribution in [2.24, 2.45) is 7.05 Å². The van der Waals surface area contributed by atoms with Crippen LogP contribution < -0.4 is 10.1 Å². The lowest BCUT2D eigenvalue weighted by Crippen LogP contribution is -2.18. The third kappa shape index (κ3) is 3.28. The molecule has 0 spiro atoms. The molecule has 0 bridgehead atoms. The van der Waals surface area contributed by atoms with Crippen molar-refractivity contribution in [2.75, 3.05) is 12.4 Å². The Kier molecular flexibility index (Phi) is 4.18. The van der Waals surface area contributed by atoms with E-state index < -0.39 is 0 Å². The summed E-state index contributed by atoms with van der Waals surface area (Å²) >= 11 is 0. The molecule has 0 aliphatic rings. The summed E-state index contributed by atoms with van der Waals surface area (Å²) in [5.41, 5.74) is 0.854. The summed E-state index contributed by atoms with van der Waals surface area (Å²) in [6.07, 6.45) is 5.16. The normalized spacial score (nSPS) is 12.0. The van der Waals surface area contributed by atoms with Gasteiger partial charge in [0.15, 0.2) is 0 Å². The van der Waals surface area contributed by atoms with Gasteiger partial charge in [-0.15, -0.1) is 0 Å². The van der Waals surface area contributed by atoms with Gasteiger partial charge < -0.3 is 14.6 Å². The Morgan fingerprint density at radius 2 is 1.91 bits per heavy atom. The predicted molar refractivity (Wildman–Crippen MR) is 83.7 cm³/mol. The van der Waals surface area contributed by atoms with Gasteiger partial charge in [-0.05, 0) is 17.7 Å². The van der Waals surface area contributed by atoms with Crippen LogP contribution in [0, 0.1) is 5.82 Å². The molecule has 118 valence electrons. The van der Waals surface area contributed by atoms with Crippen molar-refractivity contribution < 1.29 is 9.13 Å². The molecule has 0 aliphatic carbocycles. The average Bonchev–Trinajstić information content (AvgIpc) is 3.00. The van der Waals surface area contributed by atoms with Gasteiger partial charge in [0.05, 0.1) is 7.11 Å². The molecule has 7 heteroatoms. The first-order valence-corrected chi connectivity index (χ1v) is 7.03. The van der Waals surface area contributed by atoms with Crippen LogP contribution in [0.4, 0.5) is 10.3 Å². The Morgan fingerprint density at radius 3 is 2.57 bits per heavy atom. The van der Waals surface area contributed by atoms with Gasteiger partial charge in [-0.1, -0.05) is 12.1 Å². The van der Waals surface area contributed by atoms with Crippen molar-refractivity contribution in [2.45, 2.75) is 6.04 Å². The number of benzene rings is 1. The summed E-state index contributed by atoms with van der Waals surface area (Å²) in [6.45, 7) is 0. The summed E-state index contributed by atoms with van der Waals surface area (Å²) < 4.78 is 20.2. The monoisotopic (exact) mass is 313 g/mol. The highest BCUT2D eigenvalue weighted by atomic mass is 19.1. The maximum absolute atomic E-state index is 13.2. The summed E-state index contributed by atoms with van der Waals surface area (Å²) in [6, 6.07) is 7.60. The van der Waals surface area contributed by atoms with E-state index in [9.17, 15) is 4.39 Å². The molecular weight excluding hydrogens is 297 g/mol. The van der Waals surface area contributed by atoms with E-state index in [2.05, 4.69) is 20.3 Å². The maximum atomic E-state index is 13.2. The zero-order chi connectivity index (χ0) is 16.2. The Balaban J connectivity index is 1.98. The molecule has 3 aromatic rings. The van der Waals surface area contributed by atoms with E-state index in [1.165, 1.54) is 12.1 Å². The number of anilines is 1. The molecule has 1 unspecified atom stereocenters. The summed E-state index contributed by atoms with van der Waals surface area (Å²) in [4.78, 5) is 12.8. The topological polar surface area (TPSA) is 64.9 Å². The minimum absolute atomic E-state index is 0.287. The number of imidazole rings is 1. The van der Waals surface area contributed by atoms with Gasteiger partial charge >= 0.3 is 0 Å². The quantitative estimate of drug-likeness (QED) is 0.784. The summed E-state index contributed by atoms with van der Waals surface area (Å²) in [5, 5.41) is 3.22. The minimum atomic E-state index is -0.317. The molecule has 2 heterocycles. The summed E-state index contributed by atoms with van der Waals surface area (Å²) in [7, 11) is 3.44. The first kappa shape index (κ1) is 15.0. The number of nitrogens with zero attached hydrogens (tertiary/aromatic N) is 4. The molecule has 0 saturated carbocycles. The summed E-state index contributed by atoms with van der Waals surface area (Å²) in [5.74, 6) is 1.34. The van der Waals surface area contributed by atoms with Crippen molar-refractivity contribution in [3.63, 3.8) is 0 Å². The molecule has 1 aromatic carbocycles. The second-order valence-electron chi connectivity index (χ2n) is 4.95. The Hall–Kier alpha value is -2.96. The fraction of sp³-hybridized carbons (Fsp3) is 0.188. The van der Waals surface area contributed by atoms with Gasteiger partial charge in [-0.25, -0.2) is 14.4 Å². The second-order valence-corrected chi connectivity index (χ2v) is 4.95. The first-order chi connectivity index (χ1) is 11.2. The number of halogens is 1. The van der Waals surface area contributed by atoms with Crippen LogP contribution in [0.25, 0.3) is 0 Å². The Labute approximate surface area is 133 Å². The van der Waals surface area contributed by atoms with Gasteiger partial charge in [0.1, 0.15) is 17.7 Å². The molecule has 0 radical (unpaired) electrons. The molecule has 2 aromatic heterocycles. The fourth-order valence-electron chi connectivity index (χ4n) is 2.26. The van der Waals surface area contributed by atoms with Crippen LogP contribution in [-0.2, 0) is 7.05 Å². The number of hydrogen-bond donors (Lipinski definition) is 1. The molecule has 1 atom stereocenters. The molecule has 0 aliphatic heterocycles. The molecule has 1 N–H and O–H groups in total. The second kappa shape index (κ2) is 6.43. The fourth-order valence-corrected chi connectivity index (χ4v) is 2.26. The van der Waals surface area contributed by atoms with Gasteiger partial charge in [0, 0.05) is 31.7 Å². The van der Waals surface area contributed by atoms with E-state index >= 15 is 0 Å². The van der Waals surface area contributed by atoms with Crippen LogP contribution >= 0.6 is 0 Å². The van der Waals surface area contributed by atoms with E-state index in [0.29, 0.717) is 11.8 Å². The zero-order valence-electron chi connectivity index (χ0n) is 12.8. The number of aromatic nitrogens is 4. The van der Waals surface area contributed by atoms with Crippen LogP contribution in [0.15, 0.2) is 48.9 Å². The van der Waals surface area contributed by atoms with Crippen LogP contribution in [0.2, 0.25) is 0 Å². The molecule has 6 nitrogen and oxygen atoms in total. The van der Waals surface area contributed by atoms with Crippen molar-refractivity contribution >= 4 is 5.95 Å². The standard InChI is InChI=1S/C16H16FN5O/c1-22-10-9-18-15(22)14(11-3-5-12(17)6-4-11)21-16-19-8-7-13(20-16)23-2/h3-10,14H,1-2H3,(H,19,20,21).